The van der Waals surface area contributed by atoms with Gasteiger partial charge in [0.15, 0.2) is 0 Å². The van der Waals surface area contributed by atoms with Gasteiger partial charge in [-0.25, -0.2) is 0 Å². The molecule has 0 atom stereocenters. The summed E-state index contributed by atoms with van der Waals surface area (Å²) in [5.74, 6) is 0. The summed E-state index contributed by atoms with van der Waals surface area (Å²) < 4.78 is 8.55. The molecule has 0 heterocycles. The molecule has 0 saturated heterocycles. The second-order valence-corrected chi connectivity index (χ2v) is 1.34. The van der Waals surface area contributed by atoms with Crippen LogP contribution in [0.3, 0.4) is 0 Å². The summed E-state index contributed by atoms with van der Waals surface area (Å²) in [7, 11) is -5.39. The van der Waals surface area contributed by atoms with Crippen LogP contribution in [0.25, 0.3) is 0 Å². The van der Waals surface area contributed by atoms with E-state index >= 15 is 0 Å². The molecule has 0 rings (SSSR count). The third-order valence-electron chi connectivity index (χ3n) is 0. The Morgan fingerprint density at radius 2 is 1.14 bits per heavy atom. The molecule has 0 radical (unpaired) electrons. The largest absolute Gasteiger partial charge is 2.00 e. The topological polar surface area (TPSA) is 86.2 Å². The van der Waals surface area contributed by atoms with Gasteiger partial charge in [-0.1, -0.05) is 0 Å². The summed E-state index contributed by atoms with van der Waals surface area (Å²) in [6.45, 7) is 0. The van der Waals surface area contributed by atoms with Crippen molar-refractivity contribution in [2.45, 2.75) is 0 Å². The van der Waals surface area contributed by atoms with Gasteiger partial charge in [0.25, 0.3) is 0 Å². The van der Waals surface area contributed by atoms with Crippen molar-refractivity contribution in [2.24, 2.45) is 0 Å². The average Bonchev–Trinajstić information content (AvgIpc) is 0.722. The van der Waals surface area contributed by atoms with E-state index in [0.717, 1.165) is 0 Å². The minimum Gasteiger partial charge on any atom is -0.822 e. The van der Waals surface area contributed by atoms with E-state index in [2.05, 4.69) is 0 Å². The Morgan fingerprint density at radius 1 is 1.14 bits per heavy atom. The Balaban J connectivity index is -0.0000000800. The van der Waals surface area contributed by atoms with E-state index in [0.29, 0.717) is 0 Å². The van der Waals surface area contributed by atoms with Crippen molar-refractivity contribution in [3.63, 3.8) is 0 Å². The third kappa shape index (κ3) is 57.2. The first-order valence-electron chi connectivity index (χ1n) is 0.730. The molecule has 0 unspecified atom stereocenters. The molecule has 0 aromatic rings. The molecule has 0 N–H and O–H groups in total. The summed E-state index contributed by atoms with van der Waals surface area (Å²) in [5.41, 5.74) is 0. The molecule has 0 aromatic heterocycles. The Labute approximate surface area is 99.5 Å². The van der Waals surface area contributed by atoms with Crippen molar-refractivity contribution in [3.8, 4) is 0 Å². The van der Waals surface area contributed by atoms with Gasteiger partial charge in [0.2, 0.25) is 0 Å². The maximum Gasteiger partial charge on any atom is 2.00 e. The van der Waals surface area contributed by atoms with Crippen LogP contribution in [-0.2, 0) is 4.57 Å². The van der Waals surface area contributed by atoms with Crippen LogP contribution in [0.1, 0.15) is 0 Å². The molecule has 0 amide bonds. The van der Waals surface area contributed by atoms with Gasteiger partial charge < -0.3 is 19.2 Å². The second-order valence-electron chi connectivity index (χ2n) is 0.447. The van der Waals surface area contributed by atoms with Gasteiger partial charge in [-0.05, 0) is 0 Å². The fraction of sp³-hybridized carbons (Fsp3) is 0. The zero-order chi connectivity index (χ0) is 4.50. The van der Waals surface area contributed by atoms with Crippen LogP contribution in [0.15, 0.2) is 0 Å². The normalized spacial score (nSPS) is 8.43. The minimum atomic E-state index is -5.39. The molecule has 0 aromatic carbocycles. The first-order chi connectivity index (χ1) is 2.00. The van der Waals surface area contributed by atoms with Crippen molar-refractivity contribution in [3.05, 3.63) is 0 Å². The molecule has 32 valence electrons. The fourth-order valence-electron chi connectivity index (χ4n) is 0. The van der Waals surface area contributed by atoms with E-state index in [1.807, 2.05) is 0 Å². The molecule has 0 aliphatic carbocycles. The molecule has 0 fully saturated rings. The van der Waals surface area contributed by atoms with E-state index in [-0.39, 0.29) is 74.4 Å². The summed E-state index contributed by atoms with van der Waals surface area (Å²) >= 11 is 0. The molecule has 0 bridgehead atoms. The molecular weight excluding hydrogens is 158 g/mol. The van der Waals surface area contributed by atoms with Gasteiger partial charge in [0.05, 0.1) is 0 Å². The van der Waals surface area contributed by atoms with Crippen LogP contribution < -0.4 is 66.1 Å². The fourth-order valence-corrected chi connectivity index (χ4v) is 0. The van der Waals surface area contributed by atoms with Crippen molar-refractivity contribution >= 4 is 30.9 Å². The summed E-state index contributed by atoms with van der Waals surface area (Å²) in [5, 5.41) is 0. The molecule has 7 heteroatoms. The number of rotatable bonds is 0. The SMILES string of the molecule is O=P([O-])([O-])[O-].[K+].[Mg+2]. The van der Waals surface area contributed by atoms with E-state index in [1.54, 1.807) is 0 Å². The maximum absolute atomic E-state index is 8.55. The molecule has 4 nitrogen and oxygen atoms in total. The molecule has 0 aliphatic heterocycles. The second kappa shape index (κ2) is 6.63. The Morgan fingerprint density at radius 3 is 1.14 bits per heavy atom. The maximum atomic E-state index is 8.55. The first kappa shape index (κ1) is 16.3. The summed E-state index contributed by atoms with van der Waals surface area (Å²) in [4.78, 5) is 25.6. The monoisotopic (exact) mass is 158 g/mol. The van der Waals surface area contributed by atoms with Crippen LogP contribution in [-0.4, -0.2) is 23.1 Å². The Kier molecular flexibility index (Phi) is 15.4. The van der Waals surface area contributed by atoms with Crippen LogP contribution in [0.4, 0.5) is 0 Å². The molecule has 0 aliphatic rings. The van der Waals surface area contributed by atoms with E-state index in [1.165, 1.54) is 0 Å². The molecule has 0 spiro atoms. The minimum absolute atomic E-state index is 0. The van der Waals surface area contributed by atoms with Crippen molar-refractivity contribution in [1.29, 1.82) is 0 Å². The summed E-state index contributed by atoms with van der Waals surface area (Å²) in [6, 6.07) is 0. The Hall–Kier alpha value is 2.51. The summed E-state index contributed by atoms with van der Waals surface area (Å²) in [6.07, 6.45) is 0. The van der Waals surface area contributed by atoms with Crippen molar-refractivity contribution in [2.75, 3.05) is 0 Å². The van der Waals surface area contributed by atoms with E-state index < -0.39 is 7.82 Å². The van der Waals surface area contributed by atoms with Crippen LogP contribution in [0.2, 0.25) is 0 Å². The predicted molar refractivity (Wildman–Crippen MR) is 13.4 cm³/mol. The quantitative estimate of drug-likeness (QED) is 0.259. The van der Waals surface area contributed by atoms with Crippen LogP contribution in [0, 0.1) is 0 Å². The molecule has 7 heavy (non-hydrogen) atoms. The van der Waals surface area contributed by atoms with E-state index in [9.17, 15) is 0 Å². The number of hydrogen-bond acceptors (Lipinski definition) is 4. The average molecular weight is 158 g/mol. The smallest absolute Gasteiger partial charge is 0.822 e. The van der Waals surface area contributed by atoms with Crippen molar-refractivity contribution in [1.82, 2.24) is 0 Å². The predicted octanol–water partition coefficient (Wildman–Crippen LogP) is -6.20. The van der Waals surface area contributed by atoms with Crippen molar-refractivity contribution < 1.29 is 70.6 Å². The zero-order valence-corrected chi connectivity index (χ0v) is 9.22. The standard InChI is InChI=1S/K.Mg.H3O4P/c;;1-5(2,3)4/h;;(H3,1,2,3,4)/q+1;+2;/p-3. The zero-order valence-electron chi connectivity index (χ0n) is 3.79. The van der Waals surface area contributed by atoms with Gasteiger partial charge in [0, 0.05) is 0 Å². The Bertz CT molecular complexity index is 57.8. The molecular formula is KMgO4P. The van der Waals surface area contributed by atoms with Crippen LogP contribution >= 0.6 is 7.82 Å². The first-order valence-corrected chi connectivity index (χ1v) is 2.19. The van der Waals surface area contributed by atoms with Gasteiger partial charge in [-0.3, -0.25) is 0 Å². The number of phosphoric acid groups is 1. The van der Waals surface area contributed by atoms with E-state index in [4.69, 9.17) is 19.2 Å². The number of hydrogen-bond donors (Lipinski definition) is 0. The van der Waals surface area contributed by atoms with Gasteiger partial charge >= 0.3 is 74.4 Å². The molecule has 0 saturated carbocycles. The third-order valence-corrected chi connectivity index (χ3v) is 0. The van der Waals surface area contributed by atoms with Crippen LogP contribution in [0.5, 0.6) is 0 Å². The van der Waals surface area contributed by atoms with Gasteiger partial charge in [-0.2, -0.15) is 7.82 Å². The van der Waals surface area contributed by atoms with Gasteiger partial charge in [-0.15, -0.1) is 0 Å². The van der Waals surface area contributed by atoms with Gasteiger partial charge in [0.1, 0.15) is 0 Å².